The lowest BCUT2D eigenvalue weighted by atomic mass is 9.81. The number of thiocarbonyl (C=S) groups is 1. The number of alkyl carbamates (subject to hydrolysis) is 1. The third-order valence-corrected chi connectivity index (χ3v) is 6.34. The average molecular weight is 483 g/mol. The van der Waals surface area contributed by atoms with Gasteiger partial charge in [-0.1, -0.05) is 26.7 Å². The number of amides is 1. The highest BCUT2D eigenvalue weighted by Gasteiger charge is 2.53. The summed E-state index contributed by atoms with van der Waals surface area (Å²) in [6.45, 7) is 11.5. The molecule has 0 bridgehead atoms. The molecule has 1 aromatic heterocycles. The summed E-state index contributed by atoms with van der Waals surface area (Å²) in [5.41, 5.74) is 6.11. The van der Waals surface area contributed by atoms with Crippen molar-refractivity contribution in [3.05, 3.63) is 18.7 Å². The maximum Gasteiger partial charge on any atom is 0.407 e. The molecule has 0 aromatic carbocycles. The molecule has 1 fully saturated rings. The number of carbonyl (C=O) groups is 2. The van der Waals surface area contributed by atoms with Gasteiger partial charge in [0, 0.05) is 30.4 Å². The summed E-state index contributed by atoms with van der Waals surface area (Å²) in [6.07, 6.45) is 5.59. The van der Waals surface area contributed by atoms with Crippen molar-refractivity contribution in [2.24, 2.45) is 23.5 Å². The van der Waals surface area contributed by atoms with Gasteiger partial charge >= 0.3 is 12.1 Å². The molecule has 1 heterocycles. The zero-order valence-corrected chi connectivity index (χ0v) is 21.3. The smallest absolute Gasteiger partial charge is 0.407 e. The highest BCUT2D eigenvalue weighted by Crippen LogP contribution is 2.40. The fourth-order valence-electron chi connectivity index (χ4n) is 4.50. The summed E-state index contributed by atoms with van der Waals surface area (Å²) < 4.78 is 18.6. The second kappa shape index (κ2) is 11.8. The lowest BCUT2D eigenvalue weighted by Crippen LogP contribution is -2.52. The monoisotopic (exact) mass is 482 g/mol. The van der Waals surface area contributed by atoms with Crippen LogP contribution in [-0.4, -0.2) is 57.2 Å². The first-order valence-corrected chi connectivity index (χ1v) is 12.0. The Kier molecular flexibility index (Phi) is 9.66. The van der Waals surface area contributed by atoms with E-state index in [1.54, 1.807) is 44.7 Å². The number of nitrogens with zero attached hydrogens (tertiary/aromatic N) is 2. The molecular formula is C23H38N4O5S. The van der Waals surface area contributed by atoms with Crippen LogP contribution in [0.5, 0.6) is 0 Å². The molecule has 5 atom stereocenters. The average Bonchev–Trinajstić information content (AvgIpc) is 3.36. The molecule has 1 saturated carbocycles. The lowest BCUT2D eigenvalue weighted by molar-refractivity contribution is -0.151. The minimum atomic E-state index is -0.672. The maximum atomic E-state index is 12.9. The van der Waals surface area contributed by atoms with E-state index in [0.717, 1.165) is 12.8 Å². The van der Waals surface area contributed by atoms with Crippen LogP contribution in [0.3, 0.4) is 0 Å². The van der Waals surface area contributed by atoms with Crippen molar-refractivity contribution in [3.8, 4) is 0 Å². The number of ether oxygens (including phenoxy) is 3. The van der Waals surface area contributed by atoms with E-state index >= 15 is 0 Å². The summed E-state index contributed by atoms with van der Waals surface area (Å²) in [4.78, 5) is 29.6. The molecular weight excluding hydrogens is 444 g/mol. The van der Waals surface area contributed by atoms with Crippen molar-refractivity contribution >= 4 is 29.5 Å². The van der Waals surface area contributed by atoms with E-state index in [4.69, 9.17) is 32.2 Å². The van der Waals surface area contributed by atoms with Gasteiger partial charge in [0.05, 0.1) is 12.5 Å². The van der Waals surface area contributed by atoms with E-state index in [-0.39, 0.29) is 29.7 Å². The quantitative estimate of drug-likeness (QED) is 0.428. The van der Waals surface area contributed by atoms with Crippen LogP contribution in [-0.2, 0) is 19.0 Å². The van der Waals surface area contributed by atoms with Crippen molar-refractivity contribution in [2.45, 2.75) is 84.6 Å². The fourth-order valence-corrected chi connectivity index (χ4v) is 4.71. The Hall–Kier alpha value is -2.20. The number of nitrogens with one attached hydrogen (secondary N) is 1. The van der Waals surface area contributed by atoms with Gasteiger partial charge in [0.25, 0.3) is 5.17 Å². The molecule has 10 heteroatoms. The molecule has 1 amide bonds. The predicted molar refractivity (Wildman–Crippen MR) is 129 cm³/mol. The van der Waals surface area contributed by atoms with E-state index in [1.165, 1.54) is 6.33 Å². The van der Waals surface area contributed by atoms with Gasteiger partial charge in [-0.15, -0.1) is 0 Å². The number of nitrogens with two attached hydrogens (primary N) is 1. The molecule has 2 rings (SSSR count). The largest absolute Gasteiger partial charge is 0.466 e. The molecule has 1 aromatic rings. The third-order valence-electron chi connectivity index (χ3n) is 6.03. The first-order valence-electron chi connectivity index (χ1n) is 11.6. The molecule has 9 nitrogen and oxygen atoms in total. The van der Waals surface area contributed by atoms with Gasteiger partial charge < -0.3 is 25.3 Å². The van der Waals surface area contributed by atoms with Gasteiger partial charge in [0.1, 0.15) is 18.0 Å². The van der Waals surface area contributed by atoms with E-state index in [2.05, 4.69) is 24.1 Å². The van der Waals surface area contributed by atoms with Crippen LogP contribution in [0.25, 0.3) is 0 Å². The van der Waals surface area contributed by atoms with E-state index in [1.807, 2.05) is 0 Å². The molecule has 1 unspecified atom stereocenters. The number of esters is 1. The van der Waals surface area contributed by atoms with Gasteiger partial charge in [-0.2, -0.15) is 0 Å². The first-order chi connectivity index (χ1) is 15.5. The topological polar surface area (TPSA) is 118 Å². The molecule has 3 N–H and O–H groups in total. The Labute approximate surface area is 201 Å². The van der Waals surface area contributed by atoms with Crippen LogP contribution < -0.4 is 11.1 Å². The van der Waals surface area contributed by atoms with Gasteiger partial charge in [-0.3, -0.25) is 9.36 Å². The van der Waals surface area contributed by atoms with Gasteiger partial charge in [0.15, 0.2) is 0 Å². The van der Waals surface area contributed by atoms with Crippen LogP contribution in [0.2, 0.25) is 0 Å². The summed E-state index contributed by atoms with van der Waals surface area (Å²) in [7, 11) is 0. The van der Waals surface area contributed by atoms with Crippen LogP contribution in [0, 0.1) is 17.8 Å². The van der Waals surface area contributed by atoms with E-state index < -0.39 is 35.7 Å². The zero-order chi connectivity index (χ0) is 24.8. The van der Waals surface area contributed by atoms with Crippen molar-refractivity contribution in [2.75, 3.05) is 6.61 Å². The maximum absolute atomic E-state index is 12.9. The zero-order valence-electron chi connectivity index (χ0n) is 20.4. The first kappa shape index (κ1) is 27.0. The van der Waals surface area contributed by atoms with E-state index in [9.17, 15) is 9.59 Å². The molecule has 0 saturated heterocycles. The fraction of sp³-hybridized carbons (Fsp3) is 0.739. The van der Waals surface area contributed by atoms with Crippen molar-refractivity contribution in [1.82, 2.24) is 14.9 Å². The predicted octanol–water partition coefficient (Wildman–Crippen LogP) is 3.26. The van der Waals surface area contributed by atoms with E-state index in [0.29, 0.717) is 6.42 Å². The SMILES string of the molecule is CCOC(=O)[C@H]1C[C@@H](NC(=O)OC(C)(C)C)[C@H](C(N)C(CC)CC)[C@@H]1OC(=S)n1ccnc1. The number of aromatic nitrogens is 2. The summed E-state index contributed by atoms with van der Waals surface area (Å²) >= 11 is 5.47. The normalized spacial score (nSPS) is 23.8. The molecule has 0 radical (unpaired) electrons. The Bertz CT molecular complexity index is 791. The minimum Gasteiger partial charge on any atom is -0.466 e. The molecule has 0 spiro atoms. The van der Waals surface area contributed by atoms with Crippen molar-refractivity contribution in [3.63, 3.8) is 0 Å². The second-order valence-corrected chi connectivity index (χ2v) is 9.75. The van der Waals surface area contributed by atoms with Gasteiger partial charge in [0.2, 0.25) is 0 Å². The Morgan fingerprint density at radius 3 is 2.45 bits per heavy atom. The summed E-state index contributed by atoms with van der Waals surface area (Å²) in [5, 5.41) is 3.10. The van der Waals surface area contributed by atoms with Crippen LogP contribution in [0.1, 0.15) is 60.8 Å². The second-order valence-electron chi connectivity index (χ2n) is 9.40. The molecule has 33 heavy (non-hydrogen) atoms. The number of imidazole rings is 1. The number of hydrogen-bond acceptors (Lipinski definition) is 8. The standard InChI is InChI=1S/C23H38N4O5S/c1-7-14(8-2)18(24)17-16(26-21(29)32-23(4,5)6)12-15(20(28)30-9-3)19(17)31-22(33)27-11-10-25-13-27/h10-11,13-19H,7-9,12,24H2,1-6H3,(H,26,29)/t15-,16+,17+,18?,19+/m0/s1. The number of hydrogen-bond donors (Lipinski definition) is 2. The number of rotatable bonds is 8. The Morgan fingerprint density at radius 1 is 1.27 bits per heavy atom. The van der Waals surface area contributed by atoms with Crippen LogP contribution in [0.4, 0.5) is 4.79 Å². The molecule has 0 aliphatic heterocycles. The van der Waals surface area contributed by atoms with Crippen molar-refractivity contribution in [1.29, 1.82) is 0 Å². The Balaban J connectivity index is 2.40. The molecule has 186 valence electrons. The van der Waals surface area contributed by atoms with Crippen LogP contribution >= 0.6 is 12.2 Å². The molecule has 1 aliphatic carbocycles. The minimum absolute atomic E-state index is 0.159. The lowest BCUT2D eigenvalue weighted by Gasteiger charge is -2.35. The molecule has 1 aliphatic rings. The highest BCUT2D eigenvalue weighted by atomic mass is 32.1. The van der Waals surface area contributed by atoms with Crippen LogP contribution in [0.15, 0.2) is 18.7 Å². The highest BCUT2D eigenvalue weighted by molar-refractivity contribution is 7.80. The third kappa shape index (κ3) is 7.14. The van der Waals surface area contributed by atoms with Gasteiger partial charge in [-0.05, 0) is 52.3 Å². The Morgan fingerprint density at radius 2 is 1.94 bits per heavy atom. The number of carbonyl (C=O) groups excluding carboxylic acids is 2. The summed E-state index contributed by atoms with van der Waals surface area (Å²) in [6, 6.07) is -0.782. The van der Waals surface area contributed by atoms with Crippen molar-refractivity contribution < 1.29 is 23.8 Å². The summed E-state index contributed by atoms with van der Waals surface area (Å²) in [5.74, 6) is -1.24. The van der Waals surface area contributed by atoms with Gasteiger partial charge in [-0.25, -0.2) is 9.78 Å².